The second kappa shape index (κ2) is 4.56. The van der Waals surface area contributed by atoms with Crippen LogP contribution in [0.1, 0.15) is 0 Å². The number of amides is 2. The van der Waals surface area contributed by atoms with Gasteiger partial charge >= 0.3 is 6.03 Å². The SMILES string of the molecule is O=C(NNc1ccc(Br)cc1)[N+](=O)[O-]. The smallest absolute Gasteiger partial charge is 0.355 e. The first kappa shape index (κ1) is 10.5. The summed E-state index contributed by atoms with van der Waals surface area (Å²) in [6.07, 6.45) is 0. The van der Waals surface area contributed by atoms with Crippen LogP contribution in [-0.2, 0) is 0 Å². The molecule has 1 aromatic carbocycles. The molecule has 0 bridgehead atoms. The normalized spacial score (nSPS) is 9.21. The van der Waals surface area contributed by atoms with Gasteiger partial charge in [-0.3, -0.25) is 0 Å². The Morgan fingerprint density at radius 3 is 2.43 bits per heavy atom. The first-order valence-corrected chi connectivity index (χ1v) is 4.35. The molecule has 0 aromatic heterocycles. The van der Waals surface area contributed by atoms with E-state index in [1.54, 1.807) is 24.3 Å². The summed E-state index contributed by atoms with van der Waals surface area (Å²) in [5.74, 6) is 0. The van der Waals surface area contributed by atoms with Gasteiger partial charge in [-0.05, 0) is 24.3 Å². The Hall–Kier alpha value is -1.63. The fourth-order valence-electron chi connectivity index (χ4n) is 0.705. The molecule has 0 saturated carbocycles. The molecule has 0 radical (unpaired) electrons. The van der Waals surface area contributed by atoms with Crippen LogP contribution >= 0.6 is 15.9 Å². The first-order chi connectivity index (χ1) is 6.59. The zero-order valence-electron chi connectivity index (χ0n) is 6.86. The Balaban J connectivity index is 2.50. The molecule has 0 aliphatic heterocycles. The van der Waals surface area contributed by atoms with Gasteiger partial charge in [-0.15, -0.1) is 5.43 Å². The van der Waals surface area contributed by atoms with E-state index < -0.39 is 11.0 Å². The van der Waals surface area contributed by atoms with Crippen LogP contribution in [-0.4, -0.2) is 11.0 Å². The summed E-state index contributed by atoms with van der Waals surface area (Å²) >= 11 is 3.23. The summed E-state index contributed by atoms with van der Waals surface area (Å²) in [6.45, 7) is 0. The lowest BCUT2D eigenvalue weighted by Gasteiger charge is -2.01. The van der Waals surface area contributed by atoms with Crippen molar-refractivity contribution in [2.75, 3.05) is 5.43 Å². The van der Waals surface area contributed by atoms with E-state index in [9.17, 15) is 14.9 Å². The maximum Gasteiger partial charge on any atom is 0.555 e. The number of hydrogen-bond acceptors (Lipinski definition) is 4. The number of benzene rings is 1. The molecule has 6 nitrogen and oxygen atoms in total. The highest BCUT2D eigenvalue weighted by atomic mass is 79.9. The Kier molecular flexibility index (Phi) is 3.41. The van der Waals surface area contributed by atoms with E-state index >= 15 is 0 Å². The van der Waals surface area contributed by atoms with Crippen molar-refractivity contribution in [2.45, 2.75) is 0 Å². The minimum Gasteiger partial charge on any atom is -0.355 e. The van der Waals surface area contributed by atoms with Crippen molar-refractivity contribution in [3.05, 3.63) is 38.9 Å². The van der Waals surface area contributed by atoms with Crippen molar-refractivity contribution in [1.29, 1.82) is 0 Å². The number of anilines is 1. The van der Waals surface area contributed by atoms with Crippen LogP contribution in [0.25, 0.3) is 0 Å². The summed E-state index contributed by atoms with van der Waals surface area (Å²) < 4.78 is 0.878. The van der Waals surface area contributed by atoms with Gasteiger partial charge in [0, 0.05) is 9.40 Å². The third kappa shape index (κ3) is 3.02. The van der Waals surface area contributed by atoms with Gasteiger partial charge in [-0.1, -0.05) is 15.9 Å². The van der Waals surface area contributed by atoms with E-state index in [0.717, 1.165) is 4.47 Å². The molecule has 0 atom stereocenters. The number of nitrogens with one attached hydrogen (secondary N) is 2. The predicted molar refractivity (Wildman–Crippen MR) is 53.3 cm³/mol. The highest BCUT2D eigenvalue weighted by molar-refractivity contribution is 9.10. The largest absolute Gasteiger partial charge is 0.555 e. The van der Waals surface area contributed by atoms with Crippen LogP contribution < -0.4 is 10.9 Å². The Bertz CT molecular complexity index is 352. The van der Waals surface area contributed by atoms with Crippen LogP contribution in [0.3, 0.4) is 0 Å². The van der Waals surface area contributed by atoms with Crippen molar-refractivity contribution >= 4 is 27.6 Å². The standard InChI is InChI=1S/C7H6BrN3O3/c8-5-1-3-6(4-2-5)9-10-7(12)11(13)14/h1-4,9H,(H,10,12). The fourth-order valence-corrected chi connectivity index (χ4v) is 0.969. The molecule has 0 aliphatic carbocycles. The van der Waals surface area contributed by atoms with Gasteiger partial charge in [0.1, 0.15) is 0 Å². The van der Waals surface area contributed by atoms with Gasteiger partial charge in [-0.2, -0.15) is 4.79 Å². The molecule has 74 valence electrons. The number of halogens is 1. The molecule has 2 amide bonds. The molecule has 0 aliphatic rings. The van der Waals surface area contributed by atoms with E-state index in [1.165, 1.54) is 0 Å². The lowest BCUT2D eigenvalue weighted by atomic mass is 10.3. The maximum absolute atomic E-state index is 10.5. The highest BCUT2D eigenvalue weighted by Gasteiger charge is 2.10. The predicted octanol–water partition coefficient (Wildman–Crippen LogP) is 1.76. The Morgan fingerprint density at radius 2 is 1.93 bits per heavy atom. The van der Waals surface area contributed by atoms with E-state index in [1.807, 2.05) is 5.43 Å². The molecule has 1 rings (SSSR count). The van der Waals surface area contributed by atoms with Gasteiger partial charge in [0.05, 0.1) is 5.69 Å². The molecular formula is C7H6BrN3O3. The quantitative estimate of drug-likeness (QED) is 0.626. The van der Waals surface area contributed by atoms with Gasteiger partial charge in [-0.25, -0.2) is 5.43 Å². The van der Waals surface area contributed by atoms with Crippen LogP contribution in [0.4, 0.5) is 10.5 Å². The highest BCUT2D eigenvalue weighted by Crippen LogP contribution is 2.12. The molecular weight excluding hydrogens is 254 g/mol. The second-order valence-corrected chi connectivity index (χ2v) is 3.23. The van der Waals surface area contributed by atoms with Gasteiger partial charge in [0.25, 0.3) is 0 Å². The third-order valence-corrected chi connectivity index (χ3v) is 1.85. The maximum atomic E-state index is 10.5. The lowest BCUT2D eigenvalue weighted by Crippen LogP contribution is -2.33. The second-order valence-electron chi connectivity index (χ2n) is 2.32. The number of hydrazine groups is 1. The monoisotopic (exact) mass is 259 g/mol. The average Bonchev–Trinajstić information content (AvgIpc) is 2.16. The number of nitro groups is 1. The van der Waals surface area contributed by atoms with Crippen molar-refractivity contribution in [3.8, 4) is 0 Å². The number of hydrogen-bond donors (Lipinski definition) is 2. The van der Waals surface area contributed by atoms with Crippen molar-refractivity contribution in [2.24, 2.45) is 0 Å². The van der Waals surface area contributed by atoms with Crippen LogP contribution in [0.15, 0.2) is 28.7 Å². The summed E-state index contributed by atoms with van der Waals surface area (Å²) in [5.41, 5.74) is 4.86. The summed E-state index contributed by atoms with van der Waals surface area (Å²) in [6, 6.07) is 5.49. The van der Waals surface area contributed by atoms with Gasteiger partial charge in [0.2, 0.25) is 0 Å². The molecule has 1 aromatic rings. The number of nitrogens with zero attached hydrogens (tertiary/aromatic N) is 1. The molecule has 0 unspecified atom stereocenters. The summed E-state index contributed by atoms with van der Waals surface area (Å²) in [5, 5.41) is 9.92. The zero-order chi connectivity index (χ0) is 10.6. The minimum absolute atomic E-state index is 0.559. The van der Waals surface area contributed by atoms with Crippen molar-refractivity contribution < 1.29 is 9.72 Å². The molecule has 0 saturated heterocycles. The van der Waals surface area contributed by atoms with Crippen molar-refractivity contribution in [1.82, 2.24) is 5.43 Å². The number of urea groups is 1. The molecule has 0 heterocycles. The molecule has 7 heteroatoms. The first-order valence-electron chi connectivity index (χ1n) is 3.55. The topological polar surface area (TPSA) is 84.3 Å². The fraction of sp³-hybridized carbons (Fsp3) is 0. The van der Waals surface area contributed by atoms with E-state index in [-0.39, 0.29) is 0 Å². The molecule has 0 fully saturated rings. The van der Waals surface area contributed by atoms with Crippen molar-refractivity contribution in [3.63, 3.8) is 0 Å². The van der Waals surface area contributed by atoms with Crippen LogP contribution in [0.5, 0.6) is 0 Å². The lowest BCUT2D eigenvalue weighted by molar-refractivity contribution is -0.374. The summed E-state index contributed by atoms with van der Waals surface area (Å²) in [4.78, 5) is 19.4. The summed E-state index contributed by atoms with van der Waals surface area (Å²) in [7, 11) is 0. The van der Waals surface area contributed by atoms with E-state index in [0.29, 0.717) is 5.69 Å². The van der Waals surface area contributed by atoms with Crippen LogP contribution in [0, 0.1) is 10.1 Å². The number of carbonyl (C=O) groups is 1. The Morgan fingerprint density at radius 1 is 1.36 bits per heavy atom. The van der Waals surface area contributed by atoms with Gasteiger partial charge in [0.15, 0.2) is 0 Å². The average molecular weight is 260 g/mol. The van der Waals surface area contributed by atoms with Gasteiger partial charge < -0.3 is 10.1 Å². The van der Waals surface area contributed by atoms with Crippen LogP contribution in [0.2, 0.25) is 0 Å². The number of carbonyl (C=O) groups excluding carboxylic acids is 1. The molecule has 14 heavy (non-hydrogen) atoms. The van der Waals surface area contributed by atoms with E-state index in [4.69, 9.17) is 0 Å². The number of rotatable bonds is 2. The molecule has 2 N–H and O–H groups in total. The Labute approximate surface area is 87.5 Å². The molecule has 0 spiro atoms. The van der Waals surface area contributed by atoms with E-state index in [2.05, 4.69) is 21.4 Å². The third-order valence-electron chi connectivity index (χ3n) is 1.32. The minimum atomic E-state index is -1.30. The zero-order valence-corrected chi connectivity index (χ0v) is 8.45.